The Kier molecular flexibility index (Phi) is 7.63. The zero-order valence-corrected chi connectivity index (χ0v) is 17.8. The van der Waals surface area contributed by atoms with Crippen molar-refractivity contribution in [3.8, 4) is 5.75 Å². The molecule has 5 heteroatoms. The molecule has 0 atom stereocenters. The Morgan fingerprint density at radius 2 is 1.67 bits per heavy atom. The maximum Gasteiger partial charge on any atom is 0.185 e. The van der Waals surface area contributed by atoms with Gasteiger partial charge in [0.15, 0.2) is 5.78 Å². The van der Waals surface area contributed by atoms with Crippen molar-refractivity contribution >= 4 is 40.2 Å². The van der Waals surface area contributed by atoms with Crippen molar-refractivity contribution in [2.45, 2.75) is 32.6 Å². The minimum atomic E-state index is -0.0544. The molecule has 3 nitrogen and oxygen atoms in total. The third-order valence-electron chi connectivity index (χ3n) is 4.31. The summed E-state index contributed by atoms with van der Waals surface area (Å²) in [6.07, 6.45) is 3.34. The van der Waals surface area contributed by atoms with E-state index >= 15 is 0 Å². The zero-order chi connectivity index (χ0) is 20.0. The smallest absolute Gasteiger partial charge is 0.185 e. The Labute approximate surface area is 171 Å². The lowest BCUT2D eigenvalue weighted by Gasteiger charge is -2.20. The van der Waals surface area contributed by atoms with Crippen LogP contribution >= 0.6 is 24.0 Å². The fourth-order valence-electron chi connectivity index (χ4n) is 2.69. The second-order valence-corrected chi connectivity index (χ2v) is 7.97. The van der Waals surface area contributed by atoms with Crippen molar-refractivity contribution in [1.29, 1.82) is 0 Å². The summed E-state index contributed by atoms with van der Waals surface area (Å²) in [7, 11) is 0. The molecule has 27 heavy (non-hydrogen) atoms. The number of nitrogens with zero attached hydrogens (tertiary/aromatic N) is 1. The Morgan fingerprint density at radius 3 is 2.19 bits per heavy atom. The van der Waals surface area contributed by atoms with Crippen LogP contribution in [0.15, 0.2) is 47.4 Å². The Balaban J connectivity index is 2.06. The summed E-state index contributed by atoms with van der Waals surface area (Å²) in [5.74, 6) is 0.246. The van der Waals surface area contributed by atoms with E-state index in [1.165, 1.54) is 0 Å². The Morgan fingerprint density at radius 1 is 1.11 bits per heavy atom. The van der Waals surface area contributed by atoms with Crippen LogP contribution in [0.3, 0.4) is 0 Å². The van der Waals surface area contributed by atoms with Gasteiger partial charge in [0, 0.05) is 23.5 Å². The van der Waals surface area contributed by atoms with Crippen molar-refractivity contribution in [2.24, 2.45) is 0 Å². The van der Waals surface area contributed by atoms with Gasteiger partial charge in [0.25, 0.3) is 0 Å². The van der Waals surface area contributed by atoms with Gasteiger partial charge in [0.1, 0.15) is 10.1 Å². The highest BCUT2D eigenvalue weighted by Gasteiger charge is 2.08. The van der Waals surface area contributed by atoms with E-state index in [9.17, 15) is 9.90 Å². The van der Waals surface area contributed by atoms with E-state index < -0.39 is 0 Å². The van der Waals surface area contributed by atoms with Gasteiger partial charge in [-0.1, -0.05) is 30.1 Å². The fourth-order valence-corrected chi connectivity index (χ4v) is 4.10. The lowest BCUT2D eigenvalue weighted by atomic mass is 10.0. The van der Waals surface area contributed by atoms with Gasteiger partial charge in [0.05, 0.1) is 0 Å². The van der Waals surface area contributed by atoms with Crippen LogP contribution in [0.1, 0.15) is 40.9 Å². The summed E-state index contributed by atoms with van der Waals surface area (Å²) in [5, 5.41) is 9.84. The zero-order valence-electron chi connectivity index (χ0n) is 16.2. The molecule has 0 fully saturated rings. The molecule has 0 spiro atoms. The lowest BCUT2D eigenvalue weighted by molar-refractivity contribution is 0.104. The molecule has 0 unspecified atom stereocenters. The molecule has 0 aliphatic heterocycles. The van der Waals surface area contributed by atoms with Crippen LogP contribution in [0.5, 0.6) is 5.75 Å². The first-order valence-electron chi connectivity index (χ1n) is 8.95. The largest absolute Gasteiger partial charge is 0.507 e. The van der Waals surface area contributed by atoms with Crippen molar-refractivity contribution in [3.05, 3.63) is 64.7 Å². The molecule has 142 valence electrons. The minimum Gasteiger partial charge on any atom is -0.507 e. The molecule has 0 saturated heterocycles. The molecule has 2 rings (SSSR count). The monoisotopic (exact) mass is 399 g/mol. The van der Waals surface area contributed by atoms with Gasteiger partial charge in [-0.3, -0.25) is 4.79 Å². The van der Waals surface area contributed by atoms with E-state index in [0.717, 1.165) is 39.0 Å². The van der Waals surface area contributed by atoms with Gasteiger partial charge in [-0.25, -0.2) is 0 Å². The van der Waals surface area contributed by atoms with E-state index in [1.54, 1.807) is 23.9 Å². The number of allylic oxidation sites excluding steroid dienone is 1. The molecule has 0 radical (unpaired) electrons. The Hall–Kier alpha value is -2.11. The third kappa shape index (κ3) is 5.68. The first kappa shape index (κ1) is 21.2. The fraction of sp³-hybridized carbons (Fsp3) is 0.273. The first-order chi connectivity index (χ1) is 12.8. The molecule has 2 aromatic rings. The summed E-state index contributed by atoms with van der Waals surface area (Å²) < 4.78 is 0.844. The number of rotatable bonds is 6. The van der Waals surface area contributed by atoms with Crippen LogP contribution in [0, 0.1) is 13.8 Å². The van der Waals surface area contributed by atoms with Crippen LogP contribution in [-0.2, 0) is 0 Å². The molecule has 0 aliphatic rings. The van der Waals surface area contributed by atoms with Crippen LogP contribution in [0.2, 0.25) is 0 Å². The summed E-state index contributed by atoms with van der Waals surface area (Å²) in [4.78, 5) is 15.6. The number of thioether (sulfide) groups is 1. The minimum absolute atomic E-state index is 0.0544. The van der Waals surface area contributed by atoms with Crippen molar-refractivity contribution in [2.75, 3.05) is 13.1 Å². The second-order valence-electron chi connectivity index (χ2n) is 6.27. The van der Waals surface area contributed by atoms with Gasteiger partial charge in [-0.05, 0) is 86.9 Å². The topological polar surface area (TPSA) is 40.5 Å². The normalized spacial score (nSPS) is 11.0. The van der Waals surface area contributed by atoms with Crippen LogP contribution < -0.4 is 0 Å². The van der Waals surface area contributed by atoms with E-state index in [0.29, 0.717) is 11.3 Å². The molecular formula is C22H25NO2S2. The van der Waals surface area contributed by atoms with Crippen LogP contribution in [0.4, 0.5) is 0 Å². The van der Waals surface area contributed by atoms with Crippen LogP contribution in [-0.4, -0.2) is 33.2 Å². The quantitative estimate of drug-likeness (QED) is 0.295. The summed E-state index contributed by atoms with van der Waals surface area (Å²) in [6.45, 7) is 9.64. The van der Waals surface area contributed by atoms with Gasteiger partial charge in [-0.15, -0.1) is 0 Å². The molecule has 0 aliphatic carbocycles. The number of thiocarbonyl (C=S) groups is 1. The molecular weight excluding hydrogens is 374 g/mol. The average Bonchev–Trinajstić information content (AvgIpc) is 2.65. The van der Waals surface area contributed by atoms with E-state index in [4.69, 9.17) is 12.2 Å². The molecule has 0 amide bonds. The molecule has 0 heterocycles. The standard InChI is InChI=1S/C22H25NO2S2/c1-5-23(6-2)22(26)27-19-10-8-18(9-11-19)20(24)12-7-17-13-15(3)21(25)16(4)14-17/h7-14,25H,5-6H2,1-4H3/b12-7+. The highest BCUT2D eigenvalue weighted by Crippen LogP contribution is 2.24. The Bertz CT molecular complexity index is 830. The SMILES string of the molecule is CCN(CC)C(=S)Sc1ccc(C(=O)/C=C/c2cc(C)c(O)c(C)c2)cc1. The summed E-state index contributed by atoms with van der Waals surface area (Å²) in [6, 6.07) is 11.2. The summed E-state index contributed by atoms with van der Waals surface area (Å²) in [5.41, 5.74) is 3.13. The van der Waals surface area contributed by atoms with Gasteiger partial charge in [-0.2, -0.15) is 0 Å². The molecule has 0 aromatic heterocycles. The molecule has 2 aromatic carbocycles. The van der Waals surface area contributed by atoms with Gasteiger partial charge in [0.2, 0.25) is 0 Å². The molecule has 0 bridgehead atoms. The van der Waals surface area contributed by atoms with Gasteiger partial charge < -0.3 is 10.0 Å². The predicted octanol–water partition coefficient (Wildman–Crippen LogP) is 5.62. The number of hydrogen-bond donors (Lipinski definition) is 1. The summed E-state index contributed by atoms with van der Waals surface area (Å²) >= 11 is 7.00. The van der Waals surface area contributed by atoms with E-state index in [1.807, 2.05) is 50.2 Å². The number of phenols is 1. The van der Waals surface area contributed by atoms with Crippen LogP contribution in [0.25, 0.3) is 6.08 Å². The maximum absolute atomic E-state index is 12.4. The predicted molar refractivity (Wildman–Crippen MR) is 119 cm³/mol. The van der Waals surface area contributed by atoms with E-state index in [2.05, 4.69) is 18.7 Å². The number of benzene rings is 2. The highest BCUT2D eigenvalue weighted by molar-refractivity contribution is 8.22. The molecule has 1 N–H and O–H groups in total. The average molecular weight is 400 g/mol. The lowest BCUT2D eigenvalue weighted by Crippen LogP contribution is -2.26. The van der Waals surface area contributed by atoms with Crippen molar-refractivity contribution in [3.63, 3.8) is 0 Å². The first-order valence-corrected chi connectivity index (χ1v) is 10.2. The van der Waals surface area contributed by atoms with Gasteiger partial charge >= 0.3 is 0 Å². The number of hydrogen-bond acceptors (Lipinski definition) is 4. The number of ketones is 1. The van der Waals surface area contributed by atoms with Crippen molar-refractivity contribution < 1.29 is 9.90 Å². The van der Waals surface area contributed by atoms with Crippen molar-refractivity contribution in [1.82, 2.24) is 4.90 Å². The third-order valence-corrected chi connectivity index (χ3v) is 5.76. The number of carbonyl (C=O) groups excluding carboxylic acids is 1. The number of aromatic hydroxyl groups is 1. The maximum atomic E-state index is 12.4. The number of aryl methyl sites for hydroxylation is 2. The second kappa shape index (κ2) is 9.72. The highest BCUT2D eigenvalue weighted by atomic mass is 32.2. The molecule has 0 saturated carbocycles. The number of carbonyl (C=O) groups is 1. The van der Waals surface area contributed by atoms with E-state index in [-0.39, 0.29) is 5.78 Å². The number of phenolic OH excluding ortho intramolecular Hbond substituents is 1.